The number of nitrogens with one attached hydrogen (secondary N) is 1. The van der Waals surface area contributed by atoms with Gasteiger partial charge in [-0.15, -0.1) is 0 Å². The minimum absolute atomic E-state index is 0.105. The third-order valence-electron chi connectivity index (χ3n) is 5.51. The van der Waals surface area contributed by atoms with E-state index in [-0.39, 0.29) is 21.0 Å². The van der Waals surface area contributed by atoms with Gasteiger partial charge in [0.05, 0.1) is 11.5 Å². The van der Waals surface area contributed by atoms with Crippen LogP contribution < -0.4 is 16.0 Å². The highest BCUT2D eigenvalue weighted by molar-refractivity contribution is 7.91. The number of nitrogens with two attached hydrogens (primary N) is 1. The number of hydrogen-bond acceptors (Lipinski definition) is 8. The van der Waals surface area contributed by atoms with Gasteiger partial charge in [-0.2, -0.15) is 0 Å². The first-order valence-corrected chi connectivity index (χ1v) is 12.2. The molecule has 174 valence electrons. The predicted molar refractivity (Wildman–Crippen MR) is 123 cm³/mol. The van der Waals surface area contributed by atoms with Crippen molar-refractivity contribution in [3.8, 4) is 0 Å². The molecule has 1 fully saturated rings. The van der Waals surface area contributed by atoms with Gasteiger partial charge in [-0.3, -0.25) is 4.79 Å². The molecule has 3 rings (SSSR count). The van der Waals surface area contributed by atoms with Crippen molar-refractivity contribution in [2.45, 2.75) is 49.6 Å². The average Bonchev–Trinajstić information content (AvgIpc) is 3.02. The maximum atomic E-state index is 13.5. The summed E-state index contributed by atoms with van der Waals surface area (Å²) in [6, 6.07) is 5.98. The van der Waals surface area contributed by atoms with E-state index in [1.807, 2.05) is 25.7 Å². The van der Waals surface area contributed by atoms with Gasteiger partial charge < -0.3 is 20.7 Å². The maximum absolute atomic E-state index is 13.5. The fourth-order valence-electron chi connectivity index (χ4n) is 4.22. The largest absolute Gasteiger partial charge is 0.380 e. The highest BCUT2D eigenvalue weighted by Crippen LogP contribution is 2.39. The molecule has 0 radical (unpaired) electrons. The van der Waals surface area contributed by atoms with Crippen LogP contribution in [0.1, 0.15) is 44.5 Å². The number of amides is 1. The third kappa shape index (κ3) is 4.86. The summed E-state index contributed by atoms with van der Waals surface area (Å²) in [4.78, 5) is 22.9. The van der Waals surface area contributed by atoms with E-state index in [2.05, 4.69) is 22.2 Å². The quantitative estimate of drug-likeness (QED) is 0.545. The van der Waals surface area contributed by atoms with Gasteiger partial charge in [0.1, 0.15) is 17.2 Å². The molecule has 1 unspecified atom stereocenters. The van der Waals surface area contributed by atoms with Crippen molar-refractivity contribution >= 4 is 27.4 Å². The second-order valence-corrected chi connectivity index (χ2v) is 10.5. The summed E-state index contributed by atoms with van der Waals surface area (Å²) in [5.41, 5.74) is 5.29. The van der Waals surface area contributed by atoms with Crippen LogP contribution in [0.2, 0.25) is 0 Å². The molecule has 0 aromatic carbocycles. The highest BCUT2D eigenvalue weighted by Gasteiger charge is 2.40. The number of hydrogen-bond donors (Lipinski definition) is 2. The molecule has 1 saturated heterocycles. The number of pyridine rings is 2. The number of carbonyl (C=O) groups is 1. The molecule has 9 nitrogen and oxygen atoms in total. The molecule has 1 atom stereocenters. The first-order chi connectivity index (χ1) is 15.1. The molecular formula is C22H31N5O4S. The number of aromatic nitrogens is 2. The molecular weight excluding hydrogens is 430 g/mol. The van der Waals surface area contributed by atoms with E-state index in [1.165, 1.54) is 18.3 Å². The summed E-state index contributed by atoms with van der Waals surface area (Å²) in [5.74, 6) is 0.219. The van der Waals surface area contributed by atoms with Gasteiger partial charge in [-0.1, -0.05) is 13.0 Å². The van der Waals surface area contributed by atoms with E-state index >= 15 is 0 Å². The fraction of sp³-hybridized carbons (Fsp3) is 0.500. The van der Waals surface area contributed by atoms with Crippen LogP contribution in [0.5, 0.6) is 0 Å². The van der Waals surface area contributed by atoms with Crippen LogP contribution in [-0.4, -0.2) is 56.1 Å². The number of sulfone groups is 1. The van der Waals surface area contributed by atoms with Crippen molar-refractivity contribution in [3.63, 3.8) is 0 Å². The Hall–Kier alpha value is -2.72. The Morgan fingerprint density at radius 2 is 2.09 bits per heavy atom. The van der Waals surface area contributed by atoms with Crippen molar-refractivity contribution < 1.29 is 17.9 Å². The topological polar surface area (TPSA) is 128 Å². The first kappa shape index (κ1) is 23.9. The zero-order valence-corrected chi connectivity index (χ0v) is 19.8. The van der Waals surface area contributed by atoms with Gasteiger partial charge in [-0.25, -0.2) is 18.4 Å². The van der Waals surface area contributed by atoms with Crippen molar-refractivity contribution in [2.75, 3.05) is 36.5 Å². The second-order valence-electron chi connectivity index (χ2n) is 8.59. The molecule has 0 aliphatic carbocycles. The molecule has 1 amide bonds. The SMILES string of the molecule is CCOCCNc1cccc(S(=O)(=O)c2ccnc(N3CC(C)CC3(C)C)c2C(N)=O)n1. The third-order valence-corrected chi connectivity index (χ3v) is 7.21. The number of carbonyl (C=O) groups excluding carboxylic acids is 1. The monoisotopic (exact) mass is 461 g/mol. The second kappa shape index (κ2) is 9.41. The summed E-state index contributed by atoms with van der Waals surface area (Å²) in [5, 5.41) is 2.87. The Labute approximate surface area is 189 Å². The number of anilines is 2. The van der Waals surface area contributed by atoms with Crippen molar-refractivity contribution in [1.29, 1.82) is 0 Å². The van der Waals surface area contributed by atoms with Gasteiger partial charge in [0.25, 0.3) is 5.91 Å². The van der Waals surface area contributed by atoms with Gasteiger partial charge in [0, 0.05) is 31.4 Å². The fourth-order valence-corrected chi connectivity index (χ4v) is 5.63. The van der Waals surface area contributed by atoms with Crippen molar-refractivity contribution in [1.82, 2.24) is 9.97 Å². The van der Waals surface area contributed by atoms with Gasteiger partial charge in [0.2, 0.25) is 9.84 Å². The van der Waals surface area contributed by atoms with Gasteiger partial charge in [0.15, 0.2) is 5.03 Å². The van der Waals surface area contributed by atoms with Crippen LogP contribution in [0, 0.1) is 5.92 Å². The number of nitrogens with zero attached hydrogens (tertiary/aromatic N) is 3. The molecule has 1 aliphatic rings. The van der Waals surface area contributed by atoms with Crippen LogP contribution in [0.3, 0.4) is 0 Å². The summed E-state index contributed by atoms with van der Waals surface area (Å²) < 4.78 is 32.3. The minimum atomic E-state index is -4.13. The van der Waals surface area contributed by atoms with E-state index in [0.717, 1.165) is 6.42 Å². The first-order valence-electron chi connectivity index (χ1n) is 10.7. The summed E-state index contributed by atoms with van der Waals surface area (Å²) >= 11 is 0. The van der Waals surface area contributed by atoms with Crippen LogP contribution in [0.4, 0.5) is 11.6 Å². The normalized spacial score (nSPS) is 18.0. The summed E-state index contributed by atoms with van der Waals surface area (Å²) in [6.07, 6.45) is 2.29. The average molecular weight is 462 g/mol. The summed E-state index contributed by atoms with van der Waals surface area (Å²) in [6.45, 7) is 10.3. The molecule has 0 saturated carbocycles. The van der Waals surface area contributed by atoms with E-state index < -0.39 is 15.7 Å². The molecule has 3 heterocycles. The van der Waals surface area contributed by atoms with Gasteiger partial charge in [-0.05, 0) is 51.3 Å². The number of ether oxygens (including phenoxy) is 1. The molecule has 0 bridgehead atoms. The minimum Gasteiger partial charge on any atom is -0.380 e. The molecule has 32 heavy (non-hydrogen) atoms. The van der Waals surface area contributed by atoms with Crippen LogP contribution in [-0.2, 0) is 14.6 Å². The van der Waals surface area contributed by atoms with E-state index in [1.54, 1.807) is 12.1 Å². The Kier molecular flexibility index (Phi) is 7.04. The number of rotatable bonds is 9. The van der Waals surface area contributed by atoms with E-state index in [0.29, 0.717) is 43.9 Å². The van der Waals surface area contributed by atoms with Gasteiger partial charge >= 0.3 is 0 Å². The van der Waals surface area contributed by atoms with E-state index in [4.69, 9.17) is 10.5 Å². The molecule has 2 aromatic rings. The lowest BCUT2D eigenvalue weighted by Crippen LogP contribution is -2.40. The Morgan fingerprint density at radius 1 is 1.34 bits per heavy atom. The lowest BCUT2D eigenvalue weighted by Gasteiger charge is -2.33. The summed E-state index contributed by atoms with van der Waals surface area (Å²) in [7, 11) is -4.13. The standard InChI is InChI=1S/C22H31N5O4S/c1-5-31-12-11-24-17-7-6-8-18(26-17)32(29,30)16-9-10-25-21(19(16)20(23)28)27-14-15(2)13-22(27,3)4/h6-10,15H,5,11-14H2,1-4H3,(H2,23,28)(H,24,26). The molecule has 10 heteroatoms. The predicted octanol–water partition coefficient (Wildman–Crippen LogP) is 2.48. The molecule has 3 N–H and O–H groups in total. The van der Waals surface area contributed by atoms with Crippen LogP contribution in [0.15, 0.2) is 40.4 Å². The molecule has 1 aliphatic heterocycles. The zero-order valence-electron chi connectivity index (χ0n) is 19.0. The Morgan fingerprint density at radius 3 is 2.72 bits per heavy atom. The smallest absolute Gasteiger partial charge is 0.253 e. The zero-order chi connectivity index (χ0) is 23.5. The van der Waals surface area contributed by atoms with Crippen molar-refractivity contribution in [3.05, 3.63) is 36.0 Å². The Balaban J connectivity index is 2.03. The van der Waals surface area contributed by atoms with Crippen LogP contribution >= 0.6 is 0 Å². The lowest BCUT2D eigenvalue weighted by atomic mass is 9.97. The molecule has 2 aromatic heterocycles. The lowest BCUT2D eigenvalue weighted by molar-refractivity contribution is 0.0997. The molecule has 0 spiro atoms. The Bertz CT molecular complexity index is 1090. The van der Waals surface area contributed by atoms with Crippen molar-refractivity contribution in [2.24, 2.45) is 11.7 Å². The van der Waals surface area contributed by atoms with E-state index in [9.17, 15) is 13.2 Å². The highest BCUT2D eigenvalue weighted by atomic mass is 32.2. The number of primary amides is 1. The maximum Gasteiger partial charge on any atom is 0.253 e. The van der Waals surface area contributed by atoms with Crippen LogP contribution in [0.25, 0.3) is 0 Å².